The van der Waals surface area contributed by atoms with Gasteiger partial charge < -0.3 is 0 Å². The van der Waals surface area contributed by atoms with Crippen LogP contribution in [0.15, 0.2) is 77.9 Å². The van der Waals surface area contributed by atoms with Gasteiger partial charge in [0, 0.05) is 37.6 Å². The molecule has 1 aliphatic heterocycles. The lowest BCUT2D eigenvalue weighted by Crippen LogP contribution is -2.38. The van der Waals surface area contributed by atoms with Crippen LogP contribution in [0.1, 0.15) is 18.2 Å². The van der Waals surface area contributed by atoms with E-state index in [9.17, 15) is 19.3 Å². The van der Waals surface area contributed by atoms with Gasteiger partial charge in [-0.2, -0.15) is 0 Å². The molecule has 0 spiro atoms. The Morgan fingerprint density at radius 3 is 2.48 bits per heavy atom. The van der Waals surface area contributed by atoms with Crippen LogP contribution in [0.3, 0.4) is 0 Å². The monoisotopic (exact) mass is 394 g/mol. The van der Waals surface area contributed by atoms with Gasteiger partial charge in [-0.3, -0.25) is 24.1 Å². The molecule has 0 aliphatic carbocycles. The van der Waals surface area contributed by atoms with E-state index in [1.807, 2.05) is 12.2 Å². The van der Waals surface area contributed by atoms with Crippen molar-refractivity contribution >= 4 is 5.69 Å². The Kier molecular flexibility index (Phi) is 5.09. The first-order valence-corrected chi connectivity index (χ1v) is 9.22. The fraction of sp³-hybridized carbons (Fsp3) is 0.190. The third kappa shape index (κ3) is 3.88. The average Bonchev–Trinajstić information content (AvgIpc) is 3.11. The molecule has 0 N–H and O–H groups in total. The number of nitro benzene ring substituents is 1. The zero-order valence-electron chi connectivity index (χ0n) is 15.5. The highest BCUT2D eigenvalue weighted by Gasteiger charge is 2.23. The molecule has 7 nitrogen and oxygen atoms in total. The van der Waals surface area contributed by atoms with Crippen molar-refractivity contribution < 1.29 is 9.31 Å². The lowest BCUT2D eigenvalue weighted by Gasteiger charge is -2.32. The van der Waals surface area contributed by atoms with Gasteiger partial charge in [-0.25, -0.2) is 9.18 Å². The summed E-state index contributed by atoms with van der Waals surface area (Å²) in [5.41, 5.74) is 1.26. The molecule has 0 fully saturated rings. The van der Waals surface area contributed by atoms with Gasteiger partial charge in [0.15, 0.2) is 0 Å². The Balaban J connectivity index is 1.62. The summed E-state index contributed by atoms with van der Waals surface area (Å²) in [7, 11) is 0. The highest BCUT2D eigenvalue weighted by molar-refractivity contribution is 5.40. The summed E-state index contributed by atoms with van der Waals surface area (Å²) in [6.07, 6.45) is 8.00. The number of nitrogens with zero attached hydrogens (tertiary/aromatic N) is 4. The topological polar surface area (TPSA) is 73.3 Å². The summed E-state index contributed by atoms with van der Waals surface area (Å²) >= 11 is 0. The molecule has 8 heteroatoms. The van der Waals surface area contributed by atoms with Crippen LogP contribution in [0.5, 0.6) is 0 Å². The number of halogens is 1. The molecule has 0 bridgehead atoms. The van der Waals surface area contributed by atoms with E-state index in [4.69, 9.17) is 0 Å². The minimum absolute atomic E-state index is 0.0260. The second-order valence-electron chi connectivity index (χ2n) is 6.86. The maximum atomic E-state index is 13.2. The van der Waals surface area contributed by atoms with E-state index in [2.05, 4.69) is 4.90 Å². The first-order valence-electron chi connectivity index (χ1n) is 9.22. The van der Waals surface area contributed by atoms with Gasteiger partial charge in [-0.05, 0) is 36.2 Å². The molecular weight excluding hydrogens is 375 g/mol. The Morgan fingerprint density at radius 2 is 1.79 bits per heavy atom. The largest absolute Gasteiger partial charge is 0.334 e. The third-order valence-electron chi connectivity index (χ3n) is 4.99. The molecule has 2 aromatic carbocycles. The third-order valence-corrected chi connectivity index (χ3v) is 4.99. The number of nitro groups is 1. The fourth-order valence-corrected chi connectivity index (χ4v) is 3.50. The smallest absolute Gasteiger partial charge is 0.279 e. The van der Waals surface area contributed by atoms with Crippen molar-refractivity contribution in [1.29, 1.82) is 0 Å². The molecule has 0 saturated heterocycles. The zero-order chi connectivity index (χ0) is 20.4. The van der Waals surface area contributed by atoms with Crippen molar-refractivity contribution in [2.45, 2.75) is 19.1 Å². The first-order chi connectivity index (χ1) is 14.0. The van der Waals surface area contributed by atoms with Gasteiger partial charge in [0.1, 0.15) is 12.0 Å². The summed E-state index contributed by atoms with van der Waals surface area (Å²) in [4.78, 5) is 25.5. The van der Waals surface area contributed by atoms with Crippen molar-refractivity contribution in [1.82, 2.24) is 14.0 Å². The van der Waals surface area contributed by atoms with Gasteiger partial charge in [-0.1, -0.05) is 24.3 Å². The highest BCUT2D eigenvalue weighted by Crippen LogP contribution is 2.22. The van der Waals surface area contributed by atoms with E-state index >= 15 is 0 Å². The number of benzene rings is 2. The van der Waals surface area contributed by atoms with E-state index in [-0.39, 0.29) is 23.4 Å². The van der Waals surface area contributed by atoms with Crippen molar-refractivity contribution in [2.24, 2.45) is 0 Å². The number of non-ortho nitro benzene ring substituents is 1. The Bertz CT molecular complexity index is 1100. The van der Waals surface area contributed by atoms with Gasteiger partial charge in [0.05, 0.1) is 10.6 Å². The van der Waals surface area contributed by atoms with Crippen LogP contribution in [0, 0.1) is 15.9 Å². The Labute approximate surface area is 166 Å². The second-order valence-corrected chi connectivity index (χ2v) is 6.86. The van der Waals surface area contributed by atoms with Crippen molar-refractivity contribution in [3.05, 3.63) is 105 Å². The molecule has 1 atom stereocenters. The summed E-state index contributed by atoms with van der Waals surface area (Å²) in [5.74, 6) is -0.278. The molecular formula is C21H19FN4O3. The lowest BCUT2D eigenvalue weighted by molar-refractivity contribution is -0.384. The van der Waals surface area contributed by atoms with Gasteiger partial charge in [-0.15, -0.1) is 0 Å². The predicted molar refractivity (Wildman–Crippen MR) is 106 cm³/mol. The van der Waals surface area contributed by atoms with Gasteiger partial charge in [0.2, 0.25) is 0 Å². The number of imidazole rings is 1. The molecule has 29 heavy (non-hydrogen) atoms. The van der Waals surface area contributed by atoms with Crippen LogP contribution in [0.2, 0.25) is 0 Å². The molecule has 1 unspecified atom stereocenters. The lowest BCUT2D eigenvalue weighted by atomic mass is 10.1. The van der Waals surface area contributed by atoms with Crippen LogP contribution >= 0.6 is 0 Å². The van der Waals surface area contributed by atoms with Crippen LogP contribution < -0.4 is 5.69 Å². The summed E-state index contributed by atoms with van der Waals surface area (Å²) in [6, 6.07) is 12.2. The Morgan fingerprint density at radius 1 is 1.07 bits per heavy atom. The molecule has 1 aromatic heterocycles. The maximum Gasteiger partial charge on any atom is 0.334 e. The molecule has 4 rings (SSSR count). The maximum absolute atomic E-state index is 13.2. The van der Waals surface area contributed by atoms with Crippen LogP contribution in [-0.2, 0) is 6.54 Å². The van der Waals surface area contributed by atoms with E-state index in [0.717, 1.165) is 18.5 Å². The molecule has 0 saturated carbocycles. The van der Waals surface area contributed by atoms with Crippen molar-refractivity contribution in [3.8, 4) is 5.69 Å². The molecule has 3 aromatic rings. The molecule has 0 amide bonds. The van der Waals surface area contributed by atoms with Crippen molar-refractivity contribution in [2.75, 3.05) is 6.54 Å². The molecule has 2 heterocycles. The summed E-state index contributed by atoms with van der Waals surface area (Å²) in [6.45, 7) is 1.36. The van der Waals surface area contributed by atoms with Gasteiger partial charge >= 0.3 is 5.69 Å². The van der Waals surface area contributed by atoms with Gasteiger partial charge in [0.25, 0.3) is 5.69 Å². The summed E-state index contributed by atoms with van der Waals surface area (Å²) < 4.78 is 16.3. The minimum Gasteiger partial charge on any atom is -0.279 e. The molecule has 0 radical (unpaired) electrons. The standard InChI is InChI=1S/C21H19FN4O3/c22-17-6-4-16(5-7-17)15-23-12-2-1-3-20(23)25-14-13-24(21(25)27)18-8-10-19(11-9-18)26(28)29/h1,3-11,13-14,20H,2,12,15H2. The minimum atomic E-state index is -0.474. The predicted octanol–water partition coefficient (Wildman–Crippen LogP) is 3.65. The van der Waals surface area contributed by atoms with Crippen LogP contribution in [-0.4, -0.2) is 25.5 Å². The SMILES string of the molecule is O=c1n(-c2ccc([N+](=O)[O-])cc2)ccn1C1C=CCCN1Cc1ccc(F)cc1. The van der Waals surface area contributed by atoms with E-state index in [1.165, 1.54) is 28.8 Å². The van der Waals surface area contributed by atoms with Crippen LogP contribution in [0.25, 0.3) is 5.69 Å². The fourth-order valence-electron chi connectivity index (χ4n) is 3.50. The number of aromatic nitrogens is 2. The molecule has 148 valence electrons. The zero-order valence-corrected chi connectivity index (χ0v) is 15.5. The van der Waals surface area contributed by atoms with Crippen molar-refractivity contribution in [3.63, 3.8) is 0 Å². The second kappa shape index (κ2) is 7.84. The first kappa shape index (κ1) is 18.8. The normalized spacial score (nSPS) is 16.8. The van der Waals surface area contributed by atoms with Crippen LogP contribution in [0.4, 0.5) is 10.1 Å². The molecule has 1 aliphatic rings. The average molecular weight is 394 g/mol. The highest BCUT2D eigenvalue weighted by atomic mass is 19.1. The van der Waals surface area contributed by atoms with E-state index < -0.39 is 4.92 Å². The Hall–Kier alpha value is -3.52. The number of hydrogen-bond donors (Lipinski definition) is 0. The summed E-state index contributed by atoms with van der Waals surface area (Å²) in [5, 5.41) is 10.8. The van der Waals surface area contributed by atoms with E-state index in [0.29, 0.717) is 12.2 Å². The quantitative estimate of drug-likeness (QED) is 0.376. The number of rotatable bonds is 5. The van der Waals surface area contributed by atoms with E-state index in [1.54, 1.807) is 41.2 Å². The number of hydrogen-bond acceptors (Lipinski definition) is 4.